The first kappa shape index (κ1) is 21.6. The zero-order valence-electron chi connectivity index (χ0n) is 16.4. The number of halogens is 1. The summed E-state index contributed by atoms with van der Waals surface area (Å²) in [5, 5.41) is 6.21. The summed E-state index contributed by atoms with van der Waals surface area (Å²) >= 11 is 5.87. The molecule has 2 N–H and O–H groups in total. The molecule has 28 heavy (non-hydrogen) atoms. The molecule has 2 atom stereocenters. The van der Waals surface area contributed by atoms with E-state index in [1.54, 1.807) is 49.6 Å². The second-order valence-corrected chi connectivity index (χ2v) is 6.84. The van der Waals surface area contributed by atoms with Gasteiger partial charge in [0.25, 0.3) is 5.91 Å². The van der Waals surface area contributed by atoms with Crippen LogP contribution in [0.3, 0.4) is 0 Å². The van der Waals surface area contributed by atoms with Gasteiger partial charge in [0.05, 0.1) is 14.2 Å². The first-order valence-electron chi connectivity index (χ1n) is 8.98. The number of hydrogen-bond acceptors (Lipinski definition) is 4. The summed E-state index contributed by atoms with van der Waals surface area (Å²) in [5.41, 5.74) is 0.994. The number of benzene rings is 2. The van der Waals surface area contributed by atoms with Crippen LogP contribution >= 0.6 is 11.6 Å². The third-order valence-corrected chi connectivity index (χ3v) is 4.79. The number of carbonyl (C=O) groups excluding carboxylic acids is 2. The van der Waals surface area contributed by atoms with Gasteiger partial charge in [0, 0.05) is 22.3 Å². The van der Waals surface area contributed by atoms with E-state index in [1.807, 2.05) is 13.8 Å². The topological polar surface area (TPSA) is 76.7 Å². The zero-order valence-corrected chi connectivity index (χ0v) is 17.2. The van der Waals surface area contributed by atoms with Crippen molar-refractivity contribution in [2.75, 3.05) is 19.5 Å². The standard InChI is InChI=1S/C21H25ClN2O4/c1-5-13(2)19(24-20(25)14-6-8-15(22)9-7-14)21(26)23-16-10-11-17(27-3)18(12-16)28-4/h6-13,19H,5H2,1-4H3,(H,23,26)(H,24,25). The summed E-state index contributed by atoms with van der Waals surface area (Å²) in [6.45, 7) is 3.89. The lowest BCUT2D eigenvalue weighted by atomic mass is 9.97. The van der Waals surface area contributed by atoms with Gasteiger partial charge in [-0.1, -0.05) is 31.9 Å². The lowest BCUT2D eigenvalue weighted by Gasteiger charge is -2.24. The molecule has 0 aliphatic carbocycles. The molecule has 0 spiro atoms. The first-order chi connectivity index (χ1) is 13.4. The monoisotopic (exact) mass is 404 g/mol. The molecule has 0 aliphatic rings. The Labute approximate surface area is 170 Å². The van der Waals surface area contributed by atoms with Crippen LogP contribution in [0, 0.1) is 5.92 Å². The summed E-state index contributed by atoms with van der Waals surface area (Å²) in [4.78, 5) is 25.4. The molecule has 0 saturated carbocycles. The van der Waals surface area contributed by atoms with E-state index in [-0.39, 0.29) is 17.7 Å². The van der Waals surface area contributed by atoms with Crippen LogP contribution in [0.4, 0.5) is 5.69 Å². The quantitative estimate of drug-likeness (QED) is 0.693. The van der Waals surface area contributed by atoms with Crippen LogP contribution in [0.1, 0.15) is 30.6 Å². The maximum Gasteiger partial charge on any atom is 0.251 e. The summed E-state index contributed by atoms with van der Waals surface area (Å²) < 4.78 is 10.5. The fourth-order valence-corrected chi connectivity index (χ4v) is 2.79. The number of methoxy groups -OCH3 is 2. The zero-order chi connectivity index (χ0) is 20.7. The largest absolute Gasteiger partial charge is 0.493 e. The molecule has 0 heterocycles. The van der Waals surface area contributed by atoms with Gasteiger partial charge in [0.15, 0.2) is 11.5 Å². The minimum Gasteiger partial charge on any atom is -0.493 e. The van der Waals surface area contributed by atoms with Gasteiger partial charge in [-0.25, -0.2) is 0 Å². The molecule has 2 rings (SSSR count). The van der Waals surface area contributed by atoms with E-state index in [0.717, 1.165) is 6.42 Å². The van der Waals surface area contributed by atoms with Crippen LogP contribution in [-0.2, 0) is 4.79 Å². The third kappa shape index (κ3) is 5.39. The van der Waals surface area contributed by atoms with Crippen LogP contribution in [0.5, 0.6) is 11.5 Å². The number of anilines is 1. The molecule has 2 amide bonds. The van der Waals surface area contributed by atoms with Gasteiger partial charge >= 0.3 is 0 Å². The molecule has 6 nitrogen and oxygen atoms in total. The van der Waals surface area contributed by atoms with Crippen molar-refractivity contribution < 1.29 is 19.1 Å². The Bertz CT molecular complexity index is 824. The van der Waals surface area contributed by atoms with E-state index >= 15 is 0 Å². The van der Waals surface area contributed by atoms with Crippen molar-refractivity contribution in [1.82, 2.24) is 5.32 Å². The van der Waals surface area contributed by atoms with Crippen LogP contribution < -0.4 is 20.1 Å². The van der Waals surface area contributed by atoms with Crippen molar-refractivity contribution in [2.45, 2.75) is 26.3 Å². The molecule has 0 saturated heterocycles. The van der Waals surface area contributed by atoms with Crippen molar-refractivity contribution in [3.8, 4) is 11.5 Å². The van der Waals surface area contributed by atoms with E-state index in [9.17, 15) is 9.59 Å². The van der Waals surface area contributed by atoms with Crippen LogP contribution in [0.25, 0.3) is 0 Å². The number of ether oxygens (including phenoxy) is 2. The third-order valence-electron chi connectivity index (χ3n) is 4.54. The Kier molecular flexibility index (Phi) is 7.70. The molecule has 0 radical (unpaired) electrons. The van der Waals surface area contributed by atoms with E-state index in [4.69, 9.17) is 21.1 Å². The highest BCUT2D eigenvalue weighted by atomic mass is 35.5. The summed E-state index contributed by atoms with van der Waals surface area (Å²) in [7, 11) is 3.07. The molecule has 2 aromatic carbocycles. The van der Waals surface area contributed by atoms with E-state index in [1.165, 1.54) is 7.11 Å². The van der Waals surface area contributed by atoms with Gasteiger partial charge in [0.2, 0.25) is 5.91 Å². The number of rotatable bonds is 8. The van der Waals surface area contributed by atoms with E-state index in [2.05, 4.69) is 10.6 Å². The average Bonchev–Trinajstić information content (AvgIpc) is 2.71. The molecular formula is C21H25ClN2O4. The van der Waals surface area contributed by atoms with Gasteiger partial charge in [-0.05, 0) is 42.3 Å². The molecule has 150 valence electrons. The summed E-state index contributed by atoms with van der Waals surface area (Å²) in [6, 6.07) is 10.9. The van der Waals surface area contributed by atoms with Gasteiger partial charge in [-0.15, -0.1) is 0 Å². The summed E-state index contributed by atoms with van der Waals surface area (Å²) in [6.07, 6.45) is 0.727. The van der Waals surface area contributed by atoms with Crippen molar-refractivity contribution in [3.63, 3.8) is 0 Å². The Morgan fingerprint density at radius 1 is 1.04 bits per heavy atom. The predicted molar refractivity (Wildman–Crippen MR) is 110 cm³/mol. The fraction of sp³-hybridized carbons (Fsp3) is 0.333. The maximum absolute atomic E-state index is 12.9. The molecule has 2 unspecified atom stereocenters. The van der Waals surface area contributed by atoms with E-state index in [0.29, 0.717) is 27.8 Å². The number of hydrogen-bond donors (Lipinski definition) is 2. The van der Waals surface area contributed by atoms with Crippen LogP contribution in [-0.4, -0.2) is 32.1 Å². The molecular weight excluding hydrogens is 380 g/mol. The highest BCUT2D eigenvalue weighted by molar-refractivity contribution is 6.30. The lowest BCUT2D eigenvalue weighted by Crippen LogP contribution is -2.47. The smallest absolute Gasteiger partial charge is 0.251 e. The van der Waals surface area contributed by atoms with Gasteiger partial charge < -0.3 is 20.1 Å². The number of amides is 2. The van der Waals surface area contributed by atoms with Gasteiger partial charge in [-0.2, -0.15) is 0 Å². The minimum absolute atomic E-state index is 0.0589. The predicted octanol–water partition coefficient (Wildman–Crippen LogP) is 4.14. The minimum atomic E-state index is -0.693. The van der Waals surface area contributed by atoms with Gasteiger partial charge in [-0.3, -0.25) is 9.59 Å². The fourth-order valence-electron chi connectivity index (χ4n) is 2.66. The molecule has 2 aromatic rings. The molecule has 0 aromatic heterocycles. The number of nitrogens with one attached hydrogen (secondary N) is 2. The Morgan fingerprint density at radius 2 is 1.68 bits per heavy atom. The molecule has 0 aliphatic heterocycles. The Hall–Kier alpha value is -2.73. The van der Waals surface area contributed by atoms with Crippen molar-refractivity contribution in [1.29, 1.82) is 0 Å². The first-order valence-corrected chi connectivity index (χ1v) is 9.36. The second-order valence-electron chi connectivity index (χ2n) is 6.40. The second kappa shape index (κ2) is 9.99. The average molecular weight is 405 g/mol. The van der Waals surface area contributed by atoms with Crippen LogP contribution in [0.15, 0.2) is 42.5 Å². The Morgan fingerprint density at radius 3 is 2.25 bits per heavy atom. The van der Waals surface area contributed by atoms with Crippen molar-refractivity contribution >= 4 is 29.1 Å². The highest BCUT2D eigenvalue weighted by Gasteiger charge is 2.26. The lowest BCUT2D eigenvalue weighted by molar-refractivity contribution is -0.119. The normalized spacial score (nSPS) is 12.6. The molecule has 7 heteroatoms. The van der Waals surface area contributed by atoms with Crippen LogP contribution in [0.2, 0.25) is 5.02 Å². The molecule has 0 bridgehead atoms. The maximum atomic E-state index is 12.9. The Balaban J connectivity index is 2.17. The highest BCUT2D eigenvalue weighted by Crippen LogP contribution is 2.30. The van der Waals surface area contributed by atoms with E-state index < -0.39 is 6.04 Å². The SMILES string of the molecule is CCC(C)C(NC(=O)c1ccc(Cl)cc1)C(=O)Nc1ccc(OC)c(OC)c1. The summed E-state index contributed by atoms with van der Waals surface area (Å²) in [5.74, 6) is 0.380. The van der Waals surface area contributed by atoms with Crippen molar-refractivity contribution in [2.24, 2.45) is 5.92 Å². The van der Waals surface area contributed by atoms with Crippen molar-refractivity contribution in [3.05, 3.63) is 53.1 Å². The number of carbonyl (C=O) groups is 2. The molecule has 0 fully saturated rings. The van der Waals surface area contributed by atoms with Gasteiger partial charge in [0.1, 0.15) is 6.04 Å².